The number of hydrogen-bond donors (Lipinski definition) is 1. The quantitative estimate of drug-likeness (QED) is 0.858. The molecule has 0 aliphatic heterocycles. The van der Waals surface area contributed by atoms with Crippen LogP contribution >= 0.6 is 0 Å². The van der Waals surface area contributed by atoms with Crippen molar-refractivity contribution in [2.45, 2.75) is 38.8 Å². The number of benzene rings is 1. The zero-order valence-electron chi connectivity index (χ0n) is 10.1. The SMILES string of the molecule is OCc1cn(CC2CCCC2)c2ccccc12. The van der Waals surface area contributed by atoms with Crippen molar-refractivity contribution < 1.29 is 5.11 Å². The first kappa shape index (κ1) is 10.8. The third-order valence-corrected chi connectivity index (χ3v) is 3.97. The largest absolute Gasteiger partial charge is 0.392 e. The molecule has 0 bridgehead atoms. The average molecular weight is 229 g/mol. The predicted molar refractivity (Wildman–Crippen MR) is 69.8 cm³/mol. The Balaban J connectivity index is 1.97. The fourth-order valence-corrected chi connectivity index (χ4v) is 3.07. The number of fused-ring (bicyclic) bond motifs is 1. The number of aliphatic hydroxyl groups is 1. The number of rotatable bonds is 3. The van der Waals surface area contributed by atoms with Crippen molar-refractivity contribution in [2.75, 3.05) is 0 Å². The molecule has 1 aromatic heterocycles. The van der Waals surface area contributed by atoms with E-state index in [0.717, 1.165) is 18.0 Å². The molecule has 1 saturated carbocycles. The highest BCUT2D eigenvalue weighted by Crippen LogP contribution is 2.29. The molecule has 2 aromatic rings. The summed E-state index contributed by atoms with van der Waals surface area (Å²) < 4.78 is 2.33. The zero-order chi connectivity index (χ0) is 11.7. The summed E-state index contributed by atoms with van der Waals surface area (Å²) in [6, 6.07) is 8.38. The van der Waals surface area contributed by atoms with Gasteiger partial charge >= 0.3 is 0 Å². The van der Waals surface area contributed by atoms with Gasteiger partial charge in [0.25, 0.3) is 0 Å². The molecule has 17 heavy (non-hydrogen) atoms. The van der Waals surface area contributed by atoms with Crippen molar-refractivity contribution in [3.8, 4) is 0 Å². The van der Waals surface area contributed by atoms with E-state index >= 15 is 0 Å². The summed E-state index contributed by atoms with van der Waals surface area (Å²) in [5.74, 6) is 0.831. The fraction of sp³-hybridized carbons (Fsp3) is 0.467. The monoisotopic (exact) mass is 229 g/mol. The van der Waals surface area contributed by atoms with Gasteiger partial charge in [-0.1, -0.05) is 31.0 Å². The van der Waals surface area contributed by atoms with Gasteiger partial charge in [0.1, 0.15) is 0 Å². The molecule has 0 radical (unpaired) electrons. The maximum absolute atomic E-state index is 9.40. The molecule has 1 aromatic carbocycles. The molecular weight excluding hydrogens is 210 g/mol. The second kappa shape index (κ2) is 4.53. The van der Waals surface area contributed by atoms with E-state index in [1.54, 1.807) is 0 Å². The van der Waals surface area contributed by atoms with Crippen molar-refractivity contribution in [3.05, 3.63) is 36.0 Å². The summed E-state index contributed by atoms with van der Waals surface area (Å²) in [6.45, 7) is 1.25. The van der Waals surface area contributed by atoms with Crippen molar-refractivity contribution in [1.82, 2.24) is 4.57 Å². The molecule has 90 valence electrons. The van der Waals surface area contributed by atoms with Crippen LogP contribution in [0.5, 0.6) is 0 Å². The number of aromatic nitrogens is 1. The summed E-state index contributed by atoms with van der Waals surface area (Å²) >= 11 is 0. The standard InChI is InChI=1S/C15H19NO/c17-11-13-10-16(9-12-5-1-2-6-12)15-8-4-3-7-14(13)15/h3-4,7-8,10,12,17H,1-2,5-6,9,11H2. The Kier molecular flexibility index (Phi) is 2.89. The summed E-state index contributed by atoms with van der Waals surface area (Å²) in [7, 11) is 0. The Morgan fingerprint density at radius 1 is 1.18 bits per heavy atom. The highest BCUT2D eigenvalue weighted by molar-refractivity contribution is 5.83. The average Bonchev–Trinajstić information content (AvgIpc) is 2.98. The predicted octanol–water partition coefficient (Wildman–Crippen LogP) is 3.32. The highest BCUT2D eigenvalue weighted by Gasteiger charge is 2.17. The van der Waals surface area contributed by atoms with E-state index in [4.69, 9.17) is 0 Å². The summed E-state index contributed by atoms with van der Waals surface area (Å²) in [4.78, 5) is 0. The van der Waals surface area contributed by atoms with Gasteiger partial charge in [-0.15, -0.1) is 0 Å². The minimum Gasteiger partial charge on any atom is -0.392 e. The Hall–Kier alpha value is -1.28. The van der Waals surface area contributed by atoms with Crippen LogP contribution in [0.4, 0.5) is 0 Å². The summed E-state index contributed by atoms with van der Waals surface area (Å²) in [5.41, 5.74) is 2.32. The van der Waals surface area contributed by atoms with Crippen molar-refractivity contribution in [1.29, 1.82) is 0 Å². The minimum atomic E-state index is 0.137. The molecule has 2 heteroatoms. The first-order valence-corrected chi connectivity index (χ1v) is 6.56. The molecule has 1 fully saturated rings. The lowest BCUT2D eigenvalue weighted by molar-refractivity contribution is 0.283. The van der Waals surface area contributed by atoms with Gasteiger partial charge in [0.2, 0.25) is 0 Å². The van der Waals surface area contributed by atoms with Crippen LogP contribution in [0, 0.1) is 5.92 Å². The lowest BCUT2D eigenvalue weighted by Crippen LogP contribution is -2.05. The van der Waals surface area contributed by atoms with E-state index < -0.39 is 0 Å². The summed E-state index contributed by atoms with van der Waals surface area (Å²) in [5, 5.41) is 10.6. The Labute approximate surface area is 102 Å². The molecule has 1 aliphatic carbocycles. The molecular formula is C15H19NO. The maximum Gasteiger partial charge on any atom is 0.0702 e. The van der Waals surface area contributed by atoms with Gasteiger partial charge < -0.3 is 9.67 Å². The molecule has 0 unspecified atom stereocenters. The maximum atomic E-state index is 9.40. The molecule has 0 atom stereocenters. The van der Waals surface area contributed by atoms with Gasteiger partial charge in [-0.25, -0.2) is 0 Å². The van der Waals surface area contributed by atoms with Gasteiger partial charge in [-0.05, 0) is 24.8 Å². The van der Waals surface area contributed by atoms with Crippen molar-refractivity contribution >= 4 is 10.9 Å². The second-order valence-corrected chi connectivity index (χ2v) is 5.13. The topological polar surface area (TPSA) is 25.2 Å². The van der Waals surface area contributed by atoms with E-state index in [0.29, 0.717) is 0 Å². The Morgan fingerprint density at radius 3 is 2.71 bits per heavy atom. The molecule has 0 amide bonds. The molecule has 1 aliphatic rings. The van der Waals surface area contributed by atoms with Crippen LogP contribution < -0.4 is 0 Å². The number of para-hydroxylation sites is 1. The van der Waals surface area contributed by atoms with E-state index in [-0.39, 0.29) is 6.61 Å². The van der Waals surface area contributed by atoms with E-state index in [1.165, 1.54) is 36.6 Å². The van der Waals surface area contributed by atoms with Crippen LogP contribution in [0.25, 0.3) is 10.9 Å². The van der Waals surface area contributed by atoms with Gasteiger partial charge in [0.15, 0.2) is 0 Å². The normalized spacial score (nSPS) is 17.0. The lowest BCUT2D eigenvalue weighted by atomic mass is 10.1. The first-order chi connectivity index (χ1) is 8.38. The fourth-order valence-electron chi connectivity index (χ4n) is 3.07. The van der Waals surface area contributed by atoms with Crippen LogP contribution in [0.1, 0.15) is 31.2 Å². The number of nitrogens with zero attached hydrogens (tertiary/aromatic N) is 1. The van der Waals surface area contributed by atoms with Crippen LogP contribution in [-0.4, -0.2) is 9.67 Å². The minimum absolute atomic E-state index is 0.137. The summed E-state index contributed by atoms with van der Waals surface area (Å²) in [6.07, 6.45) is 7.62. The molecule has 0 spiro atoms. The lowest BCUT2D eigenvalue weighted by Gasteiger charge is -2.11. The van der Waals surface area contributed by atoms with E-state index in [9.17, 15) is 5.11 Å². The molecule has 1 N–H and O–H groups in total. The molecule has 0 saturated heterocycles. The molecule has 1 heterocycles. The number of aliphatic hydroxyl groups excluding tert-OH is 1. The molecule has 3 rings (SSSR count). The van der Waals surface area contributed by atoms with Crippen LogP contribution in [-0.2, 0) is 13.2 Å². The Morgan fingerprint density at radius 2 is 1.94 bits per heavy atom. The second-order valence-electron chi connectivity index (χ2n) is 5.13. The van der Waals surface area contributed by atoms with Crippen molar-refractivity contribution in [2.24, 2.45) is 5.92 Å². The van der Waals surface area contributed by atoms with Gasteiger partial charge in [0.05, 0.1) is 6.61 Å². The van der Waals surface area contributed by atoms with E-state index in [2.05, 4.69) is 29.0 Å². The number of hydrogen-bond acceptors (Lipinski definition) is 1. The third-order valence-electron chi connectivity index (χ3n) is 3.97. The van der Waals surface area contributed by atoms with E-state index in [1.807, 2.05) is 6.07 Å². The first-order valence-electron chi connectivity index (χ1n) is 6.56. The van der Waals surface area contributed by atoms with Crippen LogP contribution in [0.3, 0.4) is 0 Å². The zero-order valence-corrected chi connectivity index (χ0v) is 10.1. The van der Waals surface area contributed by atoms with Gasteiger partial charge in [-0.3, -0.25) is 0 Å². The van der Waals surface area contributed by atoms with Gasteiger partial charge in [-0.2, -0.15) is 0 Å². The van der Waals surface area contributed by atoms with Crippen LogP contribution in [0.2, 0.25) is 0 Å². The molecule has 2 nitrogen and oxygen atoms in total. The van der Waals surface area contributed by atoms with Crippen molar-refractivity contribution in [3.63, 3.8) is 0 Å². The third kappa shape index (κ3) is 1.98. The smallest absolute Gasteiger partial charge is 0.0702 e. The van der Waals surface area contributed by atoms with Gasteiger partial charge in [0, 0.05) is 29.2 Å². The Bertz CT molecular complexity index is 509. The highest BCUT2D eigenvalue weighted by atomic mass is 16.3. The van der Waals surface area contributed by atoms with Crippen LogP contribution in [0.15, 0.2) is 30.5 Å².